The molecule has 94 valence electrons. The van der Waals surface area contributed by atoms with Gasteiger partial charge in [-0.05, 0) is 17.7 Å². The zero-order valence-electron chi connectivity index (χ0n) is 9.28. The van der Waals surface area contributed by atoms with Gasteiger partial charge in [0.15, 0.2) is 0 Å². The fraction of sp³-hybridized carbons (Fsp3) is 0.154. The van der Waals surface area contributed by atoms with Crippen LogP contribution in [0.15, 0.2) is 42.5 Å². The third kappa shape index (κ3) is 2.68. The van der Waals surface area contributed by atoms with Gasteiger partial charge >= 0.3 is 6.18 Å². The number of nitrogens with zero attached hydrogens (tertiary/aromatic N) is 1. The number of aliphatic hydroxyl groups excluding tert-OH is 1. The predicted octanol–water partition coefficient (Wildman–Crippen LogP) is 3.26. The highest BCUT2D eigenvalue weighted by atomic mass is 19.4. The molecule has 5 heteroatoms. The molecule has 0 amide bonds. The molecule has 0 aliphatic rings. The molecule has 1 aromatic carbocycles. The van der Waals surface area contributed by atoms with Crippen molar-refractivity contribution >= 4 is 0 Å². The summed E-state index contributed by atoms with van der Waals surface area (Å²) in [6, 6.07) is 10.8. The average Bonchev–Trinajstić information content (AvgIpc) is 2.38. The molecule has 2 aromatic rings. The Morgan fingerprint density at radius 2 is 1.72 bits per heavy atom. The Kier molecular flexibility index (Phi) is 3.34. The summed E-state index contributed by atoms with van der Waals surface area (Å²) >= 11 is 0. The molecule has 0 saturated heterocycles. The Morgan fingerprint density at radius 1 is 1.06 bits per heavy atom. The Morgan fingerprint density at radius 3 is 2.28 bits per heavy atom. The molecule has 2 nitrogen and oxygen atoms in total. The molecule has 0 radical (unpaired) electrons. The van der Waals surface area contributed by atoms with Crippen LogP contribution in [0, 0.1) is 0 Å². The number of aromatic nitrogens is 1. The molecule has 0 saturated carbocycles. The smallest absolute Gasteiger partial charge is 0.392 e. The second-order valence-corrected chi connectivity index (χ2v) is 3.77. The normalized spacial score (nSPS) is 11.6. The van der Waals surface area contributed by atoms with Gasteiger partial charge in [0.05, 0.1) is 12.3 Å². The molecule has 0 atom stereocenters. The molecule has 0 aliphatic carbocycles. The third-order valence-electron chi connectivity index (χ3n) is 2.43. The predicted molar refractivity (Wildman–Crippen MR) is 60.6 cm³/mol. The molecule has 1 N–H and O–H groups in total. The fourth-order valence-corrected chi connectivity index (χ4v) is 1.58. The maximum Gasteiger partial charge on any atom is 0.433 e. The minimum absolute atomic E-state index is 0.191. The quantitative estimate of drug-likeness (QED) is 0.891. The van der Waals surface area contributed by atoms with E-state index in [1.165, 1.54) is 6.07 Å². The SMILES string of the molecule is OCc1cc(-c2ccccc2)nc(C(F)(F)F)c1. The molecule has 1 heterocycles. The van der Waals surface area contributed by atoms with E-state index in [0.29, 0.717) is 5.56 Å². The van der Waals surface area contributed by atoms with E-state index in [2.05, 4.69) is 4.98 Å². The lowest BCUT2D eigenvalue weighted by molar-refractivity contribution is -0.141. The molecular formula is C13H10F3NO. The van der Waals surface area contributed by atoms with E-state index < -0.39 is 18.5 Å². The number of halogens is 3. The third-order valence-corrected chi connectivity index (χ3v) is 2.43. The van der Waals surface area contributed by atoms with Crippen LogP contribution in [-0.2, 0) is 12.8 Å². The second kappa shape index (κ2) is 4.78. The second-order valence-electron chi connectivity index (χ2n) is 3.77. The summed E-state index contributed by atoms with van der Waals surface area (Å²) < 4.78 is 38.0. The van der Waals surface area contributed by atoms with Gasteiger partial charge in [0.2, 0.25) is 0 Å². The number of hydrogen-bond acceptors (Lipinski definition) is 2. The topological polar surface area (TPSA) is 33.1 Å². The summed E-state index contributed by atoms with van der Waals surface area (Å²) in [5, 5.41) is 9.00. The first-order chi connectivity index (χ1) is 8.50. The monoisotopic (exact) mass is 253 g/mol. The molecule has 0 aliphatic heterocycles. The Bertz CT molecular complexity index is 538. The molecule has 0 spiro atoms. The van der Waals surface area contributed by atoms with Gasteiger partial charge in [-0.1, -0.05) is 30.3 Å². The highest BCUT2D eigenvalue weighted by Gasteiger charge is 2.33. The van der Waals surface area contributed by atoms with Crippen molar-refractivity contribution in [1.29, 1.82) is 0 Å². The van der Waals surface area contributed by atoms with Gasteiger partial charge in [-0.25, -0.2) is 4.98 Å². The number of hydrogen-bond donors (Lipinski definition) is 1. The van der Waals surface area contributed by atoms with Crippen molar-refractivity contribution in [3.05, 3.63) is 53.7 Å². The zero-order valence-corrected chi connectivity index (χ0v) is 9.28. The van der Waals surface area contributed by atoms with Crippen LogP contribution in [-0.4, -0.2) is 10.1 Å². The summed E-state index contributed by atoms with van der Waals surface area (Å²) in [6.45, 7) is -0.453. The van der Waals surface area contributed by atoms with Crippen LogP contribution in [0.4, 0.5) is 13.2 Å². The van der Waals surface area contributed by atoms with Crippen molar-refractivity contribution in [3.63, 3.8) is 0 Å². The first kappa shape index (κ1) is 12.6. The van der Waals surface area contributed by atoms with Crippen molar-refractivity contribution in [2.45, 2.75) is 12.8 Å². The van der Waals surface area contributed by atoms with E-state index in [0.717, 1.165) is 6.07 Å². The first-order valence-electron chi connectivity index (χ1n) is 5.25. The van der Waals surface area contributed by atoms with E-state index in [4.69, 9.17) is 5.11 Å². The number of benzene rings is 1. The number of pyridine rings is 1. The Balaban J connectivity index is 2.55. The zero-order chi connectivity index (χ0) is 13.2. The van der Waals surface area contributed by atoms with Gasteiger partial charge in [-0.2, -0.15) is 13.2 Å². The van der Waals surface area contributed by atoms with E-state index in [1.54, 1.807) is 30.3 Å². The van der Waals surface area contributed by atoms with Crippen LogP contribution < -0.4 is 0 Å². The van der Waals surface area contributed by atoms with Gasteiger partial charge in [-0.15, -0.1) is 0 Å². The summed E-state index contributed by atoms with van der Waals surface area (Å²) in [5.74, 6) is 0. The lowest BCUT2D eigenvalue weighted by Gasteiger charge is -2.10. The van der Waals surface area contributed by atoms with Crippen LogP contribution >= 0.6 is 0 Å². The lowest BCUT2D eigenvalue weighted by Crippen LogP contribution is -2.09. The molecule has 2 rings (SSSR count). The van der Waals surface area contributed by atoms with Crippen molar-refractivity contribution in [2.24, 2.45) is 0 Å². The maximum absolute atomic E-state index is 12.7. The van der Waals surface area contributed by atoms with Crippen molar-refractivity contribution in [1.82, 2.24) is 4.98 Å². The fourth-order valence-electron chi connectivity index (χ4n) is 1.58. The van der Waals surface area contributed by atoms with E-state index >= 15 is 0 Å². The number of rotatable bonds is 2. The van der Waals surface area contributed by atoms with Gasteiger partial charge in [0.1, 0.15) is 5.69 Å². The summed E-state index contributed by atoms with van der Waals surface area (Å²) in [6.07, 6.45) is -4.52. The van der Waals surface area contributed by atoms with Crippen LogP contribution in [0.5, 0.6) is 0 Å². The van der Waals surface area contributed by atoms with E-state index in [1.807, 2.05) is 0 Å². The standard InChI is InChI=1S/C13H10F3NO/c14-13(15,16)12-7-9(8-18)6-11(17-12)10-4-2-1-3-5-10/h1-7,18H,8H2. The van der Waals surface area contributed by atoms with Gasteiger partial charge in [0.25, 0.3) is 0 Å². The van der Waals surface area contributed by atoms with E-state index in [-0.39, 0.29) is 11.3 Å². The van der Waals surface area contributed by atoms with Crippen molar-refractivity contribution in [3.8, 4) is 11.3 Å². The minimum atomic E-state index is -4.52. The molecular weight excluding hydrogens is 243 g/mol. The van der Waals surface area contributed by atoms with Gasteiger partial charge < -0.3 is 5.11 Å². The van der Waals surface area contributed by atoms with Crippen molar-refractivity contribution < 1.29 is 18.3 Å². The van der Waals surface area contributed by atoms with Crippen LogP contribution in [0.25, 0.3) is 11.3 Å². The molecule has 0 unspecified atom stereocenters. The van der Waals surface area contributed by atoms with Gasteiger partial charge in [0, 0.05) is 5.56 Å². The highest BCUT2D eigenvalue weighted by Crippen LogP contribution is 2.30. The average molecular weight is 253 g/mol. The largest absolute Gasteiger partial charge is 0.433 e. The summed E-state index contributed by atoms with van der Waals surface area (Å²) in [4.78, 5) is 3.59. The van der Waals surface area contributed by atoms with Crippen molar-refractivity contribution in [2.75, 3.05) is 0 Å². The van der Waals surface area contributed by atoms with Gasteiger partial charge in [-0.3, -0.25) is 0 Å². The first-order valence-corrected chi connectivity index (χ1v) is 5.25. The molecule has 0 bridgehead atoms. The highest BCUT2D eigenvalue weighted by molar-refractivity contribution is 5.60. The van der Waals surface area contributed by atoms with Crippen LogP contribution in [0.2, 0.25) is 0 Å². The molecule has 0 fully saturated rings. The lowest BCUT2D eigenvalue weighted by atomic mass is 10.1. The van der Waals surface area contributed by atoms with Crippen LogP contribution in [0.1, 0.15) is 11.3 Å². The number of aliphatic hydroxyl groups is 1. The summed E-state index contributed by atoms with van der Waals surface area (Å²) in [7, 11) is 0. The number of alkyl halides is 3. The Hall–Kier alpha value is -1.88. The molecule has 1 aromatic heterocycles. The minimum Gasteiger partial charge on any atom is -0.392 e. The Labute approximate surface area is 102 Å². The van der Waals surface area contributed by atoms with Crippen LogP contribution in [0.3, 0.4) is 0 Å². The van der Waals surface area contributed by atoms with E-state index in [9.17, 15) is 13.2 Å². The summed E-state index contributed by atoms with van der Waals surface area (Å²) in [5.41, 5.74) is -0.0168. The maximum atomic E-state index is 12.7. The molecule has 18 heavy (non-hydrogen) atoms.